The third-order valence-corrected chi connectivity index (χ3v) is 10.8. The highest BCUT2D eigenvalue weighted by Gasteiger charge is 2.58. The van der Waals surface area contributed by atoms with Gasteiger partial charge >= 0.3 is 12.3 Å². The second kappa shape index (κ2) is 17.5. The highest BCUT2D eigenvalue weighted by Crippen LogP contribution is 2.39. The fourth-order valence-corrected chi connectivity index (χ4v) is 7.83. The normalized spacial score (nSPS) is 20.9. The molecule has 3 fully saturated rings. The molecule has 13 heteroatoms. The molecule has 0 aromatic heterocycles. The quantitative estimate of drug-likeness (QED) is 0.153. The van der Waals surface area contributed by atoms with Crippen molar-refractivity contribution in [3.05, 3.63) is 149 Å². The van der Waals surface area contributed by atoms with Crippen LogP contribution in [-0.4, -0.2) is 82.4 Å². The lowest BCUT2D eigenvalue weighted by molar-refractivity contribution is -0.163. The number of ether oxygens (including phenoxy) is 1. The summed E-state index contributed by atoms with van der Waals surface area (Å²) >= 11 is 0. The van der Waals surface area contributed by atoms with E-state index < -0.39 is 66.1 Å². The van der Waals surface area contributed by atoms with E-state index in [0.29, 0.717) is 12.8 Å². The molecule has 296 valence electrons. The maximum Gasteiger partial charge on any atom is 0.416 e. The van der Waals surface area contributed by atoms with Crippen molar-refractivity contribution < 1.29 is 37.1 Å². The number of nitrogens with zero attached hydrogens (tertiary/aromatic N) is 3. The molecule has 0 spiro atoms. The monoisotopic (exact) mass is 779 g/mol. The summed E-state index contributed by atoms with van der Waals surface area (Å²) in [7, 11) is 0. The summed E-state index contributed by atoms with van der Waals surface area (Å²) in [5.74, 6) is -1.71. The van der Waals surface area contributed by atoms with Crippen LogP contribution in [0.1, 0.15) is 53.1 Å². The van der Waals surface area contributed by atoms with Gasteiger partial charge in [0.1, 0.15) is 18.7 Å². The lowest BCUT2D eigenvalue weighted by atomic mass is 9.87. The molecule has 4 aromatic carbocycles. The average molecular weight is 780 g/mol. The van der Waals surface area contributed by atoms with E-state index in [9.17, 15) is 32.3 Å². The highest BCUT2D eigenvalue weighted by molar-refractivity contribution is 5.99. The second-order valence-corrected chi connectivity index (χ2v) is 14.6. The Balaban J connectivity index is 1.13. The van der Waals surface area contributed by atoms with Gasteiger partial charge < -0.3 is 20.3 Å². The van der Waals surface area contributed by atoms with Gasteiger partial charge in [0.2, 0.25) is 17.7 Å². The number of cyclic esters (lactones) is 1. The average Bonchev–Trinajstić information content (AvgIpc) is 3.59. The predicted octanol–water partition coefficient (Wildman–Crippen LogP) is 6.35. The maximum absolute atomic E-state index is 14.4. The van der Waals surface area contributed by atoms with Gasteiger partial charge in [-0.15, -0.1) is 0 Å². The Morgan fingerprint density at radius 3 is 2.18 bits per heavy atom. The topological polar surface area (TPSA) is 111 Å². The maximum atomic E-state index is 14.4. The molecular formula is C44H44F3N5O5. The number of carbonyl (C=O) groups excluding carboxylic acids is 4. The first-order valence-corrected chi connectivity index (χ1v) is 19.1. The first-order valence-electron chi connectivity index (χ1n) is 19.1. The standard InChI is InChI=1S/C44H44F3N5O5/c45-44(46,47)34-18-10-15-32(25-34)27-48-41(54)37(26-39(53)49-35-21-23-50(24-22-35)28-31-13-6-2-7-14-31)51-36(20-19-30-11-4-1-5-12-30)40(42(51)55)52-38(29-57-43(52)56)33-16-8-3-9-17-33/h1-20,25,35-38,40H,21-24,26-29H2,(H,48,54)(H,49,53)/b20-19+/t36-,37+,38-,40+/m1/s1. The molecule has 4 amide bonds. The van der Waals surface area contributed by atoms with Crippen molar-refractivity contribution in [1.82, 2.24) is 25.3 Å². The van der Waals surface area contributed by atoms with Crippen molar-refractivity contribution >= 4 is 29.9 Å². The molecule has 7 rings (SSSR count). The molecule has 2 N–H and O–H groups in total. The molecule has 10 nitrogen and oxygen atoms in total. The van der Waals surface area contributed by atoms with Gasteiger partial charge in [0.05, 0.1) is 24.1 Å². The molecule has 0 bridgehead atoms. The van der Waals surface area contributed by atoms with E-state index in [0.717, 1.165) is 42.9 Å². The van der Waals surface area contributed by atoms with Gasteiger partial charge in [-0.3, -0.25) is 24.2 Å². The highest BCUT2D eigenvalue weighted by atomic mass is 19.4. The van der Waals surface area contributed by atoms with Crippen LogP contribution >= 0.6 is 0 Å². The number of hydrogen-bond acceptors (Lipinski definition) is 6. The van der Waals surface area contributed by atoms with Gasteiger partial charge in [-0.05, 0) is 47.2 Å². The Kier molecular flexibility index (Phi) is 12.0. The Morgan fingerprint density at radius 2 is 1.49 bits per heavy atom. The molecule has 3 aliphatic rings. The molecule has 0 radical (unpaired) electrons. The van der Waals surface area contributed by atoms with Crippen LogP contribution in [0.15, 0.2) is 121 Å². The van der Waals surface area contributed by atoms with Gasteiger partial charge in [-0.25, -0.2) is 4.79 Å². The van der Waals surface area contributed by atoms with E-state index in [2.05, 4.69) is 27.7 Å². The van der Waals surface area contributed by atoms with Crippen LogP contribution in [0.4, 0.5) is 18.0 Å². The zero-order valence-corrected chi connectivity index (χ0v) is 31.2. The molecular weight excluding hydrogens is 736 g/mol. The summed E-state index contributed by atoms with van der Waals surface area (Å²) in [6.45, 7) is 2.06. The number of carbonyl (C=O) groups is 4. The predicted molar refractivity (Wildman–Crippen MR) is 207 cm³/mol. The molecule has 57 heavy (non-hydrogen) atoms. The van der Waals surface area contributed by atoms with Gasteiger partial charge in [0.25, 0.3) is 0 Å². The van der Waals surface area contributed by atoms with E-state index >= 15 is 0 Å². The minimum absolute atomic E-state index is 0.0230. The van der Waals surface area contributed by atoms with Crippen molar-refractivity contribution in [2.24, 2.45) is 0 Å². The van der Waals surface area contributed by atoms with Crippen molar-refractivity contribution in [2.45, 2.75) is 68.7 Å². The number of piperidine rings is 1. The van der Waals surface area contributed by atoms with Crippen LogP contribution < -0.4 is 10.6 Å². The van der Waals surface area contributed by atoms with Crippen LogP contribution in [0.2, 0.25) is 0 Å². The summed E-state index contributed by atoms with van der Waals surface area (Å²) in [5.41, 5.74) is 2.11. The van der Waals surface area contributed by atoms with E-state index in [1.54, 1.807) is 12.2 Å². The van der Waals surface area contributed by atoms with Crippen molar-refractivity contribution in [1.29, 1.82) is 0 Å². The fraction of sp³-hybridized carbons (Fsp3) is 0.318. The van der Waals surface area contributed by atoms with E-state index in [4.69, 9.17) is 4.74 Å². The molecule has 4 aromatic rings. The number of benzene rings is 4. The Bertz CT molecular complexity index is 2060. The van der Waals surface area contributed by atoms with E-state index in [1.165, 1.54) is 27.5 Å². The van der Waals surface area contributed by atoms with Crippen molar-refractivity contribution in [3.63, 3.8) is 0 Å². The summed E-state index contributed by atoms with van der Waals surface area (Å²) in [6, 6.07) is 29.2. The Labute approximate surface area is 329 Å². The van der Waals surface area contributed by atoms with Crippen LogP contribution in [-0.2, 0) is 38.4 Å². The van der Waals surface area contributed by atoms with Crippen molar-refractivity contribution in [3.8, 4) is 0 Å². The number of nitrogens with one attached hydrogen (secondary N) is 2. The third-order valence-electron chi connectivity index (χ3n) is 10.8. The third kappa shape index (κ3) is 9.37. The van der Waals surface area contributed by atoms with Crippen LogP contribution in [0, 0.1) is 0 Å². The zero-order valence-electron chi connectivity index (χ0n) is 31.2. The molecule has 0 saturated carbocycles. The Morgan fingerprint density at radius 1 is 0.842 bits per heavy atom. The van der Waals surface area contributed by atoms with Crippen LogP contribution in [0.5, 0.6) is 0 Å². The van der Waals surface area contributed by atoms with Gasteiger partial charge in [0, 0.05) is 32.2 Å². The lowest BCUT2D eigenvalue weighted by Crippen LogP contribution is -2.74. The van der Waals surface area contributed by atoms with Crippen molar-refractivity contribution in [2.75, 3.05) is 19.7 Å². The molecule has 4 atom stereocenters. The number of β-lactam (4-membered cyclic amide) rings is 1. The number of rotatable bonds is 13. The number of likely N-dealkylation sites (tertiary alicyclic amines) is 2. The summed E-state index contributed by atoms with van der Waals surface area (Å²) in [5, 5.41) is 5.76. The number of hydrogen-bond donors (Lipinski definition) is 2. The first kappa shape index (κ1) is 39.3. The second-order valence-electron chi connectivity index (χ2n) is 14.6. The Hall–Kier alpha value is -5.95. The SMILES string of the molecule is O=C(C[C@@H](C(=O)NCc1cccc(C(F)(F)F)c1)N1C(=O)[C@@H](N2C(=O)OC[C@@H]2c2ccccc2)[C@H]1/C=C/c1ccccc1)NC1CCN(Cc2ccccc2)CC1. The van der Waals surface area contributed by atoms with Crippen LogP contribution in [0.3, 0.4) is 0 Å². The summed E-state index contributed by atoms with van der Waals surface area (Å²) in [4.78, 5) is 60.8. The van der Waals surface area contributed by atoms with E-state index in [1.807, 2.05) is 78.9 Å². The van der Waals surface area contributed by atoms with Gasteiger partial charge in [-0.2, -0.15) is 13.2 Å². The minimum atomic E-state index is -4.58. The fourth-order valence-electron chi connectivity index (χ4n) is 7.83. The number of halogens is 3. The molecule has 3 aliphatic heterocycles. The zero-order chi connectivity index (χ0) is 39.9. The largest absolute Gasteiger partial charge is 0.447 e. The number of amides is 4. The molecule has 3 saturated heterocycles. The number of alkyl halides is 3. The summed E-state index contributed by atoms with van der Waals surface area (Å²) < 4.78 is 46.0. The van der Waals surface area contributed by atoms with Crippen LogP contribution in [0.25, 0.3) is 6.08 Å². The van der Waals surface area contributed by atoms with E-state index in [-0.39, 0.29) is 24.8 Å². The molecule has 0 unspecified atom stereocenters. The first-order chi connectivity index (χ1) is 27.5. The smallest absolute Gasteiger partial charge is 0.416 e. The van der Waals surface area contributed by atoms with Gasteiger partial charge in [-0.1, -0.05) is 115 Å². The minimum Gasteiger partial charge on any atom is -0.447 e. The summed E-state index contributed by atoms with van der Waals surface area (Å²) in [6.07, 6.45) is -0.753. The van der Waals surface area contributed by atoms with Gasteiger partial charge in [0.15, 0.2) is 0 Å². The molecule has 3 heterocycles. The molecule has 0 aliphatic carbocycles. The lowest BCUT2D eigenvalue weighted by Gasteiger charge is -2.52.